The number of nitrogens with one attached hydrogen (secondary N) is 2. The third-order valence-electron chi connectivity index (χ3n) is 5.49. The number of benzene rings is 1. The van der Waals surface area contributed by atoms with Crippen molar-refractivity contribution >= 4 is 17.2 Å². The van der Waals surface area contributed by atoms with Gasteiger partial charge in [-0.1, -0.05) is 37.8 Å². The highest BCUT2D eigenvalue weighted by atomic mass is 15.1. The molecule has 4 rings (SSSR count). The molecule has 5 nitrogen and oxygen atoms in total. The molecule has 0 spiro atoms. The molecule has 3 heterocycles. The quantitative estimate of drug-likeness (QED) is 0.585. The first-order chi connectivity index (χ1) is 14.7. The van der Waals surface area contributed by atoms with E-state index in [1.54, 1.807) is 18.6 Å². The van der Waals surface area contributed by atoms with Crippen molar-refractivity contribution in [3.63, 3.8) is 0 Å². The van der Waals surface area contributed by atoms with E-state index in [9.17, 15) is 0 Å². The zero-order chi connectivity index (χ0) is 20.8. The zero-order valence-electron chi connectivity index (χ0n) is 17.5. The summed E-state index contributed by atoms with van der Waals surface area (Å²) in [5, 5.41) is 6.79. The van der Waals surface area contributed by atoms with Gasteiger partial charge >= 0.3 is 0 Å². The van der Waals surface area contributed by atoms with Gasteiger partial charge in [0.15, 0.2) is 0 Å². The number of rotatable bonds is 8. The Hall–Kier alpha value is -3.18. The third kappa shape index (κ3) is 5.24. The maximum atomic E-state index is 4.39. The maximum Gasteiger partial charge on any atom is 0.130 e. The van der Waals surface area contributed by atoms with Crippen LogP contribution in [0.3, 0.4) is 0 Å². The summed E-state index contributed by atoms with van der Waals surface area (Å²) in [6.45, 7) is 10.7. The third-order valence-corrected chi connectivity index (χ3v) is 5.49. The standard InChI is InChI=1S/C25H29N5/c1-19(17-30-13-10-21-6-3-4-7-23(21)18-30)15-28-20(2)22-9-12-27-25(14-22)29-24-8-5-11-26-16-24/h3-9,11-12,14,16,19,28H,2,10,13,15,17-18H2,1H3,(H,27,29). The van der Waals surface area contributed by atoms with Crippen molar-refractivity contribution in [2.45, 2.75) is 19.9 Å². The van der Waals surface area contributed by atoms with Crippen molar-refractivity contribution in [3.8, 4) is 0 Å². The number of hydrogen-bond donors (Lipinski definition) is 2. The molecule has 3 aromatic rings. The van der Waals surface area contributed by atoms with Crippen LogP contribution in [0.5, 0.6) is 0 Å². The van der Waals surface area contributed by atoms with E-state index in [2.05, 4.69) is 63.3 Å². The van der Waals surface area contributed by atoms with Crippen LogP contribution in [-0.4, -0.2) is 34.5 Å². The van der Waals surface area contributed by atoms with Crippen LogP contribution in [0.2, 0.25) is 0 Å². The second-order valence-corrected chi connectivity index (χ2v) is 8.01. The summed E-state index contributed by atoms with van der Waals surface area (Å²) in [5.41, 5.74) is 5.84. The van der Waals surface area contributed by atoms with Crippen LogP contribution in [0.15, 0.2) is 73.7 Å². The van der Waals surface area contributed by atoms with E-state index in [0.29, 0.717) is 5.92 Å². The fraction of sp³-hybridized carbons (Fsp3) is 0.280. The monoisotopic (exact) mass is 399 g/mol. The first kappa shape index (κ1) is 20.1. The highest BCUT2D eigenvalue weighted by Crippen LogP contribution is 2.20. The molecule has 0 amide bonds. The summed E-state index contributed by atoms with van der Waals surface area (Å²) in [6.07, 6.45) is 6.48. The Kier molecular flexibility index (Phi) is 6.40. The van der Waals surface area contributed by atoms with Crippen molar-refractivity contribution in [3.05, 3.63) is 90.4 Å². The smallest absolute Gasteiger partial charge is 0.130 e. The van der Waals surface area contributed by atoms with Gasteiger partial charge in [-0.25, -0.2) is 4.98 Å². The Morgan fingerprint density at radius 2 is 2.00 bits per heavy atom. The number of nitrogens with zero attached hydrogens (tertiary/aromatic N) is 3. The number of pyridine rings is 2. The number of fused-ring (bicyclic) bond motifs is 1. The first-order valence-corrected chi connectivity index (χ1v) is 10.5. The molecule has 2 aromatic heterocycles. The molecule has 1 atom stereocenters. The molecule has 1 aliphatic heterocycles. The summed E-state index contributed by atoms with van der Waals surface area (Å²) in [5.74, 6) is 1.31. The predicted octanol–water partition coefficient (Wildman–Crippen LogP) is 4.47. The zero-order valence-corrected chi connectivity index (χ0v) is 17.5. The van der Waals surface area contributed by atoms with Gasteiger partial charge in [-0.15, -0.1) is 0 Å². The molecule has 0 aliphatic carbocycles. The van der Waals surface area contributed by atoms with Crippen LogP contribution in [0.1, 0.15) is 23.6 Å². The molecule has 0 radical (unpaired) electrons. The lowest BCUT2D eigenvalue weighted by molar-refractivity contribution is 0.220. The summed E-state index contributed by atoms with van der Waals surface area (Å²) < 4.78 is 0. The predicted molar refractivity (Wildman–Crippen MR) is 123 cm³/mol. The maximum absolute atomic E-state index is 4.39. The molecule has 0 fully saturated rings. The van der Waals surface area contributed by atoms with E-state index in [4.69, 9.17) is 0 Å². The molecular formula is C25H29N5. The van der Waals surface area contributed by atoms with Crippen LogP contribution in [0.25, 0.3) is 5.70 Å². The van der Waals surface area contributed by atoms with Gasteiger partial charge in [-0.3, -0.25) is 9.88 Å². The van der Waals surface area contributed by atoms with Gasteiger partial charge in [-0.05, 0) is 47.7 Å². The Balaban J connectivity index is 1.28. The Labute approximate surface area is 178 Å². The minimum absolute atomic E-state index is 0.529. The number of aromatic nitrogens is 2. The second-order valence-electron chi connectivity index (χ2n) is 8.01. The van der Waals surface area contributed by atoms with Gasteiger partial charge in [0.05, 0.1) is 11.9 Å². The van der Waals surface area contributed by atoms with Crippen LogP contribution >= 0.6 is 0 Å². The average Bonchev–Trinajstić information content (AvgIpc) is 2.78. The SMILES string of the molecule is C=C(NCC(C)CN1CCc2ccccc2C1)c1ccnc(Nc2cccnc2)c1. The van der Waals surface area contributed by atoms with E-state index >= 15 is 0 Å². The van der Waals surface area contributed by atoms with Crippen molar-refractivity contribution in [1.82, 2.24) is 20.2 Å². The fourth-order valence-electron chi connectivity index (χ4n) is 3.89. The minimum Gasteiger partial charge on any atom is -0.385 e. The molecule has 0 saturated heterocycles. The second kappa shape index (κ2) is 9.55. The van der Waals surface area contributed by atoms with Gasteiger partial charge in [-0.2, -0.15) is 0 Å². The fourth-order valence-corrected chi connectivity index (χ4v) is 3.89. The molecule has 1 aliphatic rings. The molecule has 154 valence electrons. The normalized spacial score (nSPS) is 14.6. The lowest BCUT2D eigenvalue weighted by atomic mass is 9.99. The molecule has 1 aromatic carbocycles. The van der Waals surface area contributed by atoms with Gasteiger partial charge in [0.25, 0.3) is 0 Å². The Morgan fingerprint density at radius 3 is 2.83 bits per heavy atom. The highest BCUT2D eigenvalue weighted by molar-refractivity contribution is 5.66. The van der Waals surface area contributed by atoms with Crippen molar-refractivity contribution in [2.75, 3.05) is 25.0 Å². The summed E-state index contributed by atoms with van der Waals surface area (Å²) >= 11 is 0. The van der Waals surface area contributed by atoms with Gasteiger partial charge in [0, 0.05) is 49.8 Å². The van der Waals surface area contributed by atoms with E-state index < -0.39 is 0 Å². The lowest BCUT2D eigenvalue weighted by Gasteiger charge is -2.31. The van der Waals surface area contributed by atoms with Crippen LogP contribution in [0, 0.1) is 5.92 Å². The van der Waals surface area contributed by atoms with Gasteiger partial charge in [0.1, 0.15) is 5.82 Å². The van der Waals surface area contributed by atoms with Crippen molar-refractivity contribution < 1.29 is 0 Å². The largest absolute Gasteiger partial charge is 0.385 e. The average molecular weight is 400 g/mol. The molecule has 1 unspecified atom stereocenters. The molecular weight excluding hydrogens is 370 g/mol. The summed E-state index contributed by atoms with van der Waals surface area (Å²) in [4.78, 5) is 11.1. The van der Waals surface area contributed by atoms with E-state index in [-0.39, 0.29) is 0 Å². The van der Waals surface area contributed by atoms with E-state index in [1.165, 1.54) is 11.1 Å². The topological polar surface area (TPSA) is 53.1 Å². The van der Waals surface area contributed by atoms with Crippen LogP contribution < -0.4 is 10.6 Å². The summed E-state index contributed by atoms with van der Waals surface area (Å²) in [7, 11) is 0. The highest BCUT2D eigenvalue weighted by Gasteiger charge is 2.17. The van der Waals surface area contributed by atoms with Crippen molar-refractivity contribution in [1.29, 1.82) is 0 Å². The van der Waals surface area contributed by atoms with E-state index in [1.807, 2.05) is 24.3 Å². The summed E-state index contributed by atoms with van der Waals surface area (Å²) in [6, 6.07) is 16.7. The first-order valence-electron chi connectivity index (χ1n) is 10.5. The lowest BCUT2D eigenvalue weighted by Crippen LogP contribution is -2.36. The molecule has 2 N–H and O–H groups in total. The van der Waals surface area contributed by atoms with Crippen molar-refractivity contribution in [2.24, 2.45) is 5.92 Å². The Morgan fingerprint density at radius 1 is 1.13 bits per heavy atom. The minimum atomic E-state index is 0.529. The molecule has 0 bridgehead atoms. The molecule has 30 heavy (non-hydrogen) atoms. The number of hydrogen-bond acceptors (Lipinski definition) is 5. The van der Waals surface area contributed by atoms with E-state index in [0.717, 1.165) is 55.4 Å². The Bertz CT molecular complexity index is 986. The molecule has 5 heteroatoms. The van der Waals surface area contributed by atoms with Gasteiger partial charge in [0.2, 0.25) is 0 Å². The van der Waals surface area contributed by atoms with Crippen LogP contribution in [0.4, 0.5) is 11.5 Å². The van der Waals surface area contributed by atoms with Crippen LogP contribution in [-0.2, 0) is 13.0 Å². The number of anilines is 2. The van der Waals surface area contributed by atoms with Gasteiger partial charge < -0.3 is 10.6 Å². The molecule has 0 saturated carbocycles.